The zero-order valence-corrected chi connectivity index (χ0v) is 12.4. The van der Waals surface area contributed by atoms with E-state index in [-0.39, 0.29) is 5.78 Å². The van der Waals surface area contributed by atoms with Gasteiger partial charge >= 0.3 is 0 Å². The van der Waals surface area contributed by atoms with Crippen LogP contribution in [0.25, 0.3) is 0 Å². The SMILES string of the molecule is COCCOc1ccccc1C(=O)c1ccc(N)c(Cl)c1. The van der Waals surface area contributed by atoms with Gasteiger partial charge in [-0.25, -0.2) is 0 Å². The molecule has 0 aliphatic rings. The fraction of sp³-hybridized carbons (Fsp3) is 0.188. The quantitative estimate of drug-likeness (QED) is 0.506. The van der Waals surface area contributed by atoms with Crippen molar-refractivity contribution in [3.63, 3.8) is 0 Å². The molecule has 0 heterocycles. The smallest absolute Gasteiger partial charge is 0.196 e. The normalized spacial score (nSPS) is 10.4. The lowest BCUT2D eigenvalue weighted by Crippen LogP contribution is -2.09. The molecule has 4 nitrogen and oxygen atoms in total. The van der Waals surface area contributed by atoms with Crippen LogP contribution in [0.15, 0.2) is 42.5 Å². The van der Waals surface area contributed by atoms with Gasteiger partial charge in [-0.1, -0.05) is 23.7 Å². The van der Waals surface area contributed by atoms with E-state index >= 15 is 0 Å². The van der Waals surface area contributed by atoms with Crippen LogP contribution in [0.1, 0.15) is 15.9 Å². The van der Waals surface area contributed by atoms with Gasteiger partial charge in [0.15, 0.2) is 5.78 Å². The maximum absolute atomic E-state index is 12.6. The lowest BCUT2D eigenvalue weighted by atomic mass is 10.0. The van der Waals surface area contributed by atoms with Crippen LogP contribution in [0.2, 0.25) is 5.02 Å². The van der Waals surface area contributed by atoms with Gasteiger partial charge in [0.2, 0.25) is 0 Å². The molecule has 0 radical (unpaired) electrons. The standard InChI is InChI=1S/C16H16ClNO3/c1-20-8-9-21-15-5-3-2-4-12(15)16(19)11-6-7-14(18)13(17)10-11/h2-7,10H,8-9,18H2,1H3. The number of ether oxygens (including phenoxy) is 2. The highest BCUT2D eigenvalue weighted by atomic mass is 35.5. The number of para-hydroxylation sites is 1. The van der Waals surface area contributed by atoms with E-state index in [2.05, 4.69) is 0 Å². The second-order valence-corrected chi connectivity index (χ2v) is 4.81. The van der Waals surface area contributed by atoms with Gasteiger partial charge in [-0.3, -0.25) is 4.79 Å². The Morgan fingerprint density at radius 1 is 1.19 bits per heavy atom. The van der Waals surface area contributed by atoms with E-state index in [1.54, 1.807) is 43.5 Å². The Morgan fingerprint density at radius 3 is 2.67 bits per heavy atom. The Kier molecular flexibility index (Phi) is 5.20. The van der Waals surface area contributed by atoms with Crippen LogP contribution >= 0.6 is 11.6 Å². The average molecular weight is 306 g/mol. The number of nitrogen functional groups attached to an aromatic ring is 1. The van der Waals surface area contributed by atoms with E-state index < -0.39 is 0 Å². The zero-order valence-electron chi connectivity index (χ0n) is 11.6. The Labute approximate surface area is 128 Å². The molecule has 0 unspecified atom stereocenters. The lowest BCUT2D eigenvalue weighted by Gasteiger charge is -2.11. The molecule has 2 aromatic rings. The van der Waals surface area contributed by atoms with Gasteiger partial charge in [-0.05, 0) is 30.3 Å². The van der Waals surface area contributed by atoms with Crippen molar-refractivity contribution in [3.8, 4) is 5.75 Å². The Hall–Kier alpha value is -2.04. The average Bonchev–Trinajstić information content (AvgIpc) is 2.50. The van der Waals surface area contributed by atoms with E-state index in [1.807, 2.05) is 6.07 Å². The first-order chi connectivity index (χ1) is 10.1. The summed E-state index contributed by atoms with van der Waals surface area (Å²) < 4.78 is 10.5. The second-order valence-electron chi connectivity index (χ2n) is 4.40. The van der Waals surface area contributed by atoms with E-state index in [1.165, 1.54) is 0 Å². The third-order valence-electron chi connectivity index (χ3n) is 2.94. The van der Waals surface area contributed by atoms with Gasteiger partial charge in [0, 0.05) is 12.7 Å². The molecule has 2 rings (SSSR count). The minimum Gasteiger partial charge on any atom is -0.490 e. The van der Waals surface area contributed by atoms with Crippen molar-refractivity contribution in [2.24, 2.45) is 0 Å². The number of rotatable bonds is 6. The molecular formula is C16H16ClNO3. The Bertz CT molecular complexity index is 643. The van der Waals surface area contributed by atoms with E-state index in [0.29, 0.717) is 40.8 Å². The number of hydrogen-bond acceptors (Lipinski definition) is 4. The third kappa shape index (κ3) is 3.74. The van der Waals surface area contributed by atoms with Crippen molar-refractivity contribution in [3.05, 3.63) is 58.6 Å². The van der Waals surface area contributed by atoms with Gasteiger partial charge in [-0.15, -0.1) is 0 Å². The molecule has 0 saturated carbocycles. The molecule has 0 spiro atoms. The molecule has 21 heavy (non-hydrogen) atoms. The van der Waals surface area contributed by atoms with Crippen LogP contribution in [0.4, 0.5) is 5.69 Å². The molecule has 2 N–H and O–H groups in total. The van der Waals surface area contributed by atoms with E-state index in [0.717, 1.165) is 0 Å². The highest BCUT2D eigenvalue weighted by molar-refractivity contribution is 6.33. The van der Waals surface area contributed by atoms with Crippen molar-refractivity contribution in [2.45, 2.75) is 0 Å². The monoisotopic (exact) mass is 305 g/mol. The number of nitrogens with two attached hydrogens (primary N) is 1. The summed E-state index contributed by atoms with van der Waals surface area (Å²) in [4.78, 5) is 12.6. The second kappa shape index (κ2) is 7.11. The van der Waals surface area contributed by atoms with Crippen molar-refractivity contribution < 1.29 is 14.3 Å². The molecule has 0 amide bonds. The van der Waals surface area contributed by atoms with Crippen molar-refractivity contribution >= 4 is 23.1 Å². The number of anilines is 1. The minimum atomic E-state index is -0.162. The van der Waals surface area contributed by atoms with Crippen LogP contribution in [0.5, 0.6) is 5.75 Å². The number of halogens is 1. The number of methoxy groups -OCH3 is 1. The molecular weight excluding hydrogens is 290 g/mol. The van der Waals surface area contributed by atoms with Gasteiger partial charge in [-0.2, -0.15) is 0 Å². The zero-order chi connectivity index (χ0) is 15.2. The van der Waals surface area contributed by atoms with Crippen LogP contribution in [0.3, 0.4) is 0 Å². The van der Waals surface area contributed by atoms with Gasteiger partial charge < -0.3 is 15.2 Å². The fourth-order valence-electron chi connectivity index (χ4n) is 1.84. The molecule has 0 aliphatic heterocycles. The highest BCUT2D eigenvalue weighted by Crippen LogP contribution is 2.25. The number of benzene rings is 2. The third-order valence-corrected chi connectivity index (χ3v) is 3.27. The Balaban J connectivity index is 2.27. The predicted octanol–water partition coefficient (Wildman–Crippen LogP) is 3.18. The van der Waals surface area contributed by atoms with Gasteiger partial charge in [0.25, 0.3) is 0 Å². The summed E-state index contributed by atoms with van der Waals surface area (Å²) in [6, 6.07) is 11.9. The molecule has 2 aromatic carbocycles. The summed E-state index contributed by atoms with van der Waals surface area (Å²) in [6.07, 6.45) is 0. The first-order valence-corrected chi connectivity index (χ1v) is 6.81. The fourth-order valence-corrected chi connectivity index (χ4v) is 2.02. The van der Waals surface area contributed by atoms with Crippen molar-refractivity contribution in [1.29, 1.82) is 0 Å². The molecule has 0 aliphatic carbocycles. The van der Waals surface area contributed by atoms with Crippen LogP contribution in [-0.2, 0) is 4.74 Å². The molecule has 0 saturated heterocycles. The summed E-state index contributed by atoms with van der Waals surface area (Å²) >= 11 is 5.96. The molecule has 0 atom stereocenters. The van der Waals surface area contributed by atoms with Crippen molar-refractivity contribution in [2.75, 3.05) is 26.1 Å². The Morgan fingerprint density at radius 2 is 1.95 bits per heavy atom. The number of ketones is 1. The summed E-state index contributed by atoms with van der Waals surface area (Å²) in [6.45, 7) is 0.833. The highest BCUT2D eigenvalue weighted by Gasteiger charge is 2.15. The molecule has 0 aromatic heterocycles. The molecule has 0 fully saturated rings. The number of carbonyl (C=O) groups excluding carboxylic acids is 1. The summed E-state index contributed by atoms with van der Waals surface area (Å²) in [5, 5.41) is 0.360. The van der Waals surface area contributed by atoms with Gasteiger partial charge in [0.1, 0.15) is 12.4 Å². The predicted molar refractivity (Wildman–Crippen MR) is 83.1 cm³/mol. The molecule has 110 valence electrons. The number of hydrogen-bond donors (Lipinski definition) is 1. The van der Waals surface area contributed by atoms with E-state index in [4.69, 9.17) is 26.8 Å². The van der Waals surface area contributed by atoms with Crippen LogP contribution in [-0.4, -0.2) is 26.1 Å². The first kappa shape index (κ1) is 15.4. The largest absolute Gasteiger partial charge is 0.490 e. The maximum Gasteiger partial charge on any atom is 0.196 e. The van der Waals surface area contributed by atoms with Crippen LogP contribution in [0, 0.1) is 0 Å². The maximum atomic E-state index is 12.6. The topological polar surface area (TPSA) is 61.5 Å². The summed E-state index contributed by atoms with van der Waals surface area (Å²) in [5.74, 6) is 0.359. The molecule has 0 bridgehead atoms. The summed E-state index contributed by atoms with van der Waals surface area (Å²) in [7, 11) is 1.59. The van der Waals surface area contributed by atoms with Gasteiger partial charge in [0.05, 0.1) is 22.9 Å². The van der Waals surface area contributed by atoms with Crippen LogP contribution < -0.4 is 10.5 Å². The number of carbonyl (C=O) groups is 1. The lowest BCUT2D eigenvalue weighted by molar-refractivity contribution is 0.103. The summed E-state index contributed by atoms with van der Waals surface area (Å²) in [5.41, 5.74) is 7.05. The molecule has 5 heteroatoms. The van der Waals surface area contributed by atoms with Crippen molar-refractivity contribution in [1.82, 2.24) is 0 Å². The minimum absolute atomic E-state index is 0.162. The van der Waals surface area contributed by atoms with E-state index in [9.17, 15) is 4.79 Å². The first-order valence-electron chi connectivity index (χ1n) is 6.44.